The van der Waals surface area contributed by atoms with Gasteiger partial charge in [-0.3, -0.25) is 4.68 Å². The fourth-order valence-electron chi connectivity index (χ4n) is 4.04. The lowest BCUT2D eigenvalue weighted by Gasteiger charge is -2.36. The highest BCUT2D eigenvalue weighted by atomic mass is 127. The summed E-state index contributed by atoms with van der Waals surface area (Å²) in [4.78, 5) is 1.18. The van der Waals surface area contributed by atoms with Crippen LogP contribution in [0.15, 0.2) is 115 Å². The molecule has 146 valence electrons. The molecular weight excluding hydrogens is 499 g/mol. The summed E-state index contributed by atoms with van der Waals surface area (Å²) < 4.78 is 3.28. The normalized spacial score (nSPS) is 11.5. The Kier molecular flexibility index (Phi) is 5.27. The van der Waals surface area contributed by atoms with Crippen molar-refractivity contribution in [1.82, 2.24) is 9.78 Å². The minimum atomic E-state index is -0.570. The van der Waals surface area contributed by atoms with Crippen molar-refractivity contribution < 1.29 is 0 Å². The fourth-order valence-corrected chi connectivity index (χ4v) is 5.61. The molecule has 0 saturated heterocycles. The maximum atomic E-state index is 5.17. The first-order valence-electron chi connectivity index (χ1n) is 9.76. The maximum Gasteiger partial charge on any atom is 0.138 e. The third kappa shape index (κ3) is 3.20. The standard InChI is InChI=1S/C26H19IN2S/c27-23-19-29(28-25(23)24-17-10-18-30-24)26(20-11-4-1-5-12-20,21-13-6-2-7-14-21)22-15-8-3-9-16-22/h1-19H. The van der Waals surface area contributed by atoms with E-state index in [1.807, 2.05) is 0 Å². The summed E-state index contributed by atoms with van der Waals surface area (Å²) in [5.41, 5.74) is 3.99. The predicted molar refractivity (Wildman–Crippen MR) is 133 cm³/mol. The number of hydrogen-bond acceptors (Lipinski definition) is 2. The molecular formula is C26H19IN2S. The van der Waals surface area contributed by atoms with Crippen molar-refractivity contribution in [3.8, 4) is 10.6 Å². The number of halogens is 1. The molecule has 0 atom stereocenters. The van der Waals surface area contributed by atoms with Crippen molar-refractivity contribution in [2.24, 2.45) is 0 Å². The third-order valence-electron chi connectivity index (χ3n) is 5.34. The zero-order valence-electron chi connectivity index (χ0n) is 16.2. The predicted octanol–water partition coefficient (Wildman–Crippen LogP) is 7.06. The van der Waals surface area contributed by atoms with Gasteiger partial charge in [0.25, 0.3) is 0 Å². The summed E-state index contributed by atoms with van der Waals surface area (Å²) in [6, 6.07) is 36.2. The molecule has 5 aromatic rings. The van der Waals surface area contributed by atoms with Crippen molar-refractivity contribution in [2.45, 2.75) is 5.54 Å². The van der Waals surface area contributed by atoms with Crippen molar-refractivity contribution in [3.05, 3.63) is 135 Å². The van der Waals surface area contributed by atoms with Crippen LogP contribution in [0.1, 0.15) is 16.7 Å². The van der Waals surface area contributed by atoms with E-state index in [2.05, 4.69) is 142 Å². The van der Waals surface area contributed by atoms with Crippen LogP contribution in [0.5, 0.6) is 0 Å². The summed E-state index contributed by atoms with van der Waals surface area (Å²) in [5, 5.41) is 7.27. The monoisotopic (exact) mass is 518 g/mol. The van der Waals surface area contributed by atoms with Crippen molar-refractivity contribution >= 4 is 33.9 Å². The number of rotatable bonds is 5. The third-order valence-corrected chi connectivity index (χ3v) is 7.01. The van der Waals surface area contributed by atoms with Gasteiger partial charge in [0.15, 0.2) is 0 Å². The van der Waals surface area contributed by atoms with Gasteiger partial charge in [0.05, 0.1) is 8.45 Å². The first kappa shape index (κ1) is 19.3. The molecule has 3 aromatic carbocycles. The van der Waals surface area contributed by atoms with Crippen LogP contribution in [0.25, 0.3) is 10.6 Å². The average molecular weight is 518 g/mol. The van der Waals surface area contributed by atoms with Gasteiger partial charge in [-0.2, -0.15) is 5.10 Å². The lowest BCUT2D eigenvalue weighted by atomic mass is 9.77. The Morgan fingerprint density at radius 3 is 1.60 bits per heavy atom. The Balaban J connectivity index is 1.87. The fraction of sp³-hybridized carbons (Fsp3) is 0.0385. The second-order valence-corrected chi connectivity index (χ2v) is 9.17. The topological polar surface area (TPSA) is 17.8 Å². The Labute approximate surface area is 194 Å². The van der Waals surface area contributed by atoms with E-state index < -0.39 is 5.54 Å². The smallest absolute Gasteiger partial charge is 0.138 e. The summed E-state index contributed by atoms with van der Waals surface area (Å²) in [6.45, 7) is 0. The minimum Gasteiger partial charge on any atom is -0.251 e. The number of thiophene rings is 1. The molecule has 0 fully saturated rings. The van der Waals surface area contributed by atoms with Crippen LogP contribution in [0, 0.1) is 3.57 Å². The van der Waals surface area contributed by atoms with Crippen LogP contribution < -0.4 is 0 Å². The Morgan fingerprint density at radius 1 is 0.667 bits per heavy atom. The molecule has 0 aliphatic rings. The van der Waals surface area contributed by atoms with E-state index in [0.29, 0.717) is 0 Å². The molecule has 0 aliphatic heterocycles. The average Bonchev–Trinajstić information content (AvgIpc) is 3.47. The van der Waals surface area contributed by atoms with Gasteiger partial charge in [0, 0.05) is 6.20 Å². The van der Waals surface area contributed by atoms with Crippen molar-refractivity contribution in [1.29, 1.82) is 0 Å². The molecule has 0 radical (unpaired) electrons. The first-order chi connectivity index (χ1) is 14.8. The lowest BCUT2D eigenvalue weighted by Crippen LogP contribution is -2.38. The van der Waals surface area contributed by atoms with Gasteiger partial charge < -0.3 is 0 Å². The minimum absolute atomic E-state index is 0.570. The summed E-state index contributed by atoms with van der Waals surface area (Å²) >= 11 is 4.12. The lowest BCUT2D eigenvalue weighted by molar-refractivity contribution is 0.461. The zero-order valence-corrected chi connectivity index (χ0v) is 19.1. The highest BCUT2D eigenvalue weighted by Crippen LogP contribution is 2.42. The largest absolute Gasteiger partial charge is 0.251 e. The first-order valence-corrected chi connectivity index (χ1v) is 11.7. The summed E-state index contributed by atoms with van der Waals surface area (Å²) in [7, 11) is 0. The molecule has 2 aromatic heterocycles. The van der Waals surface area contributed by atoms with Crippen molar-refractivity contribution in [2.75, 3.05) is 0 Å². The SMILES string of the molecule is Ic1cn(C(c2ccccc2)(c2ccccc2)c2ccccc2)nc1-c1cccs1. The van der Waals surface area contributed by atoms with Gasteiger partial charge in [-0.05, 0) is 50.7 Å². The summed E-state index contributed by atoms with van der Waals surface area (Å²) in [5.74, 6) is 0. The molecule has 0 aliphatic carbocycles. The van der Waals surface area contributed by atoms with Crippen LogP contribution in [-0.4, -0.2) is 9.78 Å². The molecule has 2 nitrogen and oxygen atoms in total. The van der Waals surface area contributed by atoms with Gasteiger partial charge in [0.2, 0.25) is 0 Å². The van der Waals surface area contributed by atoms with E-state index in [4.69, 9.17) is 5.10 Å². The number of nitrogens with zero attached hydrogens (tertiary/aromatic N) is 2. The molecule has 0 unspecified atom stereocenters. The van der Waals surface area contributed by atoms with Crippen LogP contribution in [0.4, 0.5) is 0 Å². The molecule has 0 amide bonds. The van der Waals surface area contributed by atoms with Crippen LogP contribution in [-0.2, 0) is 5.54 Å². The molecule has 0 spiro atoms. The maximum absolute atomic E-state index is 5.17. The molecule has 0 bridgehead atoms. The van der Waals surface area contributed by atoms with Crippen LogP contribution >= 0.6 is 33.9 Å². The Morgan fingerprint density at radius 2 is 1.17 bits per heavy atom. The van der Waals surface area contributed by atoms with E-state index in [1.165, 1.54) is 21.6 Å². The van der Waals surface area contributed by atoms with Crippen LogP contribution in [0.3, 0.4) is 0 Å². The van der Waals surface area contributed by atoms with E-state index >= 15 is 0 Å². The summed E-state index contributed by atoms with van der Waals surface area (Å²) in [6.07, 6.45) is 2.17. The van der Waals surface area contributed by atoms with Gasteiger partial charge >= 0.3 is 0 Å². The van der Waals surface area contributed by atoms with E-state index in [1.54, 1.807) is 11.3 Å². The molecule has 0 N–H and O–H groups in total. The Bertz CT molecular complexity index is 1130. The number of benzene rings is 3. The van der Waals surface area contributed by atoms with E-state index in [0.717, 1.165) is 9.26 Å². The molecule has 4 heteroatoms. The molecule has 0 saturated carbocycles. The van der Waals surface area contributed by atoms with Gasteiger partial charge in [-0.25, -0.2) is 0 Å². The number of hydrogen-bond donors (Lipinski definition) is 0. The quantitative estimate of drug-likeness (QED) is 0.180. The second kappa shape index (κ2) is 8.20. The van der Waals surface area contributed by atoms with E-state index in [-0.39, 0.29) is 0 Å². The van der Waals surface area contributed by atoms with E-state index in [9.17, 15) is 0 Å². The highest BCUT2D eigenvalue weighted by molar-refractivity contribution is 14.1. The van der Waals surface area contributed by atoms with Gasteiger partial charge in [-0.15, -0.1) is 11.3 Å². The number of aromatic nitrogens is 2. The zero-order chi connectivity index (χ0) is 20.4. The van der Waals surface area contributed by atoms with Gasteiger partial charge in [-0.1, -0.05) is 97.1 Å². The Hall–Kier alpha value is -2.70. The molecule has 2 heterocycles. The van der Waals surface area contributed by atoms with Gasteiger partial charge in [0.1, 0.15) is 11.2 Å². The molecule has 5 rings (SSSR count). The second-order valence-electron chi connectivity index (χ2n) is 7.06. The van der Waals surface area contributed by atoms with Crippen molar-refractivity contribution in [3.63, 3.8) is 0 Å². The highest BCUT2D eigenvalue weighted by Gasteiger charge is 2.39. The molecule has 30 heavy (non-hydrogen) atoms. The van der Waals surface area contributed by atoms with Crippen LogP contribution in [0.2, 0.25) is 0 Å².